The molecule has 0 rings (SSSR count). The summed E-state index contributed by atoms with van der Waals surface area (Å²) in [5.41, 5.74) is 0. The number of carbonyl (C=O) groups excluding carboxylic acids is 1. The number of nitrogens with one attached hydrogen (secondary N) is 2. The van der Waals surface area contributed by atoms with Gasteiger partial charge in [-0.25, -0.2) is 0 Å². The van der Waals surface area contributed by atoms with E-state index in [1.165, 1.54) is 0 Å². The molecule has 0 aliphatic rings. The topological polar surface area (TPSA) is 70.6 Å². The van der Waals surface area contributed by atoms with Crippen LogP contribution >= 0.6 is 0 Å². The number of amides is 1. The van der Waals surface area contributed by atoms with Gasteiger partial charge in [0.15, 0.2) is 0 Å². The second kappa shape index (κ2) is 10.3. The molecule has 1 amide bonds. The summed E-state index contributed by atoms with van der Waals surface area (Å²) in [4.78, 5) is 11.3. The maximum atomic E-state index is 11.3. The Hall–Kier alpha value is -0.650. The van der Waals surface area contributed by atoms with E-state index >= 15 is 0 Å². The molecule has 0 spiro atoms. The van der Waals surface area contributed by atoms with Crippen molar-refractivity contribution >= 4 is 5.91 Å². The molecular weight excluding hydrogens is 232 g/mol. The largest absolute Gasteiger partial charge is 0.389 e. The van der Waals surface area contributed by atoms with Gasteiger partial charge in [0.05, 0.1) is 19.3 Å². The van der Waals surface area contributed by atoms with Gasteiger partial charge in [0.25, 0.3) is 0 Å². The molecule has 0 radical (unpaired) electrons. The molecule has 108 valence electrons. The van der Waals surface area contributed by atoms with E-state index < -0.39 is 6.10 Å². The van der Waals surface area contributed by atoms with Gasteiger partial charge in [0.2, 0.25) is 5.91 Å². The number of rotatable bonds is 10. The summed E-state index contributed by atoms with van der Waals surface area (Å²) < 4.78 is 5.30. The van der Waals surface area contributed by atoms with E-state index in [0.29, 0.717) is 38.1 Å². The van der Waals surface area contributed by atoms with Crippen LogP contribution in [0, 0.1) is 11.8 Å². The summed E-state index contributed by atoms with van der Waals surface area (Å²) in [6.07, 6.45) is -0.568. The lowest BCUT2D eigenvalue weighted by Crippen LogP contribution is -2.39. The number of aliphatic hydroxyl groups is 1. The van der Waals surface area contributed by atoms with Crippen LogP contribution in [-0.2, 0) is 9.53 Å². The molecule has 0 heterocycles. The number of carbonyl (C=O) groups is 1. The van der Waals surface area contributed by atoms with Crippen LogP contribution in [0.3, 0.4) is 0 Å². The second-order valence-electron chi connectivity index (χ2n) is 5.41. The number of hydrogen-bond acceptors (Lipinski definition) is 4. The normalized spacial score (nSPS) is 13.1. The van der Waals surface area contributed by atoms with Crippen molar-refractivity contribution in [2.75, 3.05) is 32.8 Å². The fourth-order valence-corrected chi connectivity index (χ4v) is 1.23. The average Bonchev–Trinajstić information content (AvgIpc) is 2.25. The minimum Gasteiger partial charge on any atom is -0.389 e. The van der Waals surface area contributed by atoms with E-state index in [4.69, 9.17) is 4.74 Å². The summed E-state index contributed by atoms with van der Waals surface area (Å²) in [5, 5.41) is 15.3. The molecule has 3 N–H and O–H groups in total. The quantitative estimate of drug-likeness (QED) is 0.531. The Labute approximate surface area is 110 Å². The third kappa shape index (κ3) is 11.8. The molecule has 0 saturated carbocycles. The molecule has 0 aromatic rings. The zero-order valence-corrected chi connectivity index (χ0v) is 12.0. The molecule has 0 aliphatic carbocycles. The molecule has 5 nitrogen and oxygen atoms in total. The van der Waals surface area contributed by atoms with Crippen molar-refractivity contribution in [3.63, 3.8) is 0 Å². The summed E-state index contributed by atoms with van der Waals surface area (Å²) in [6.45, 7) is 10.4. The average molecular weight is 260 g/mol. The van der Waals surface area contributed by atoms with Gasteiger partial charge in [0, 0.05) is 19.7 Å². The highest BCUT2D eigenvalue weighted by atomic mass is 16.5. The Bertz CT molecular complexity index is 220. The number of ether oxygens (including phenoxy) is 1. The lowest BCUT2D eigenvalue weighted by atomic mass is 10.2. The van der Waals surface area contributed by atoms with E-state index in [-0.39, 0.29) is 12.5 Å². The summed E-state index contributed by atoms with van der Waals surface area (Å²) in [5.74, 6) is 0.870. The fourth-order valence-electron chi connectivity index (χ4n) is 1.23. The van der Waals surface area contributed by atoms with E-state index in [1.54, 1.807) is 0 Å². The van der Waals surface area contributed by atoms with Gasteiger partial charge in [-0.15, -0.1) is 0 Å². The van der Waals surface area contributed by atoms with Crippen LogP contribution in [0.15, 0.2) is 0 Å². The van der Waals surface area contributed by atoms with Gasteiger partial charge in [0.1, 0.15) is 0 Å². The highest BCUT2D eigenvalue weighted by Gasteiger charge is 2.06. The predicted octanol–water partition coefficient (Wildman–Crippen LogP) is 0.382. The monoisotopic (exact) mass is 260 g/mol. The second-order valence-corrected chi connectivity index (χ2v) is 5.41. The van der Waals surface area contributed by atoms with Crippen molar-refractivity contribution in [2.45, 2.75) is 33.8 Å². The molecule has 5 heteroatoms. The van der Waals surface area contributed by atoms with Gasteiger partial charge in [-0.3, -0.25) is 4.79 Å². The first-order valence-corrected chi connectivity index (χ1v) is 6.65. The summed E-state index contributed by atoms with van der Waals surface area (Å²) in [7, 11) is 0. The van der Waals surface area contributed by atoms with Gasteiger partial charge >= 0.3 is 0 Å². The van der Waals surface area contributed by atoms with Crippen LogP contribution < -0.4 is 10.6 Å². The Morgan fingerprint density at radius 1 is 1.11 bits per heavy atom. The van der Waals surface area contributed by atoms with Crippen LogP contribution in [0.4, 0.5) is 0 Å². The molecule has 0 aromatic heterocycles. The SMILES string of the molecule is CC(C)CNC(=O)CNCC(O)COCC(C)C. The smallest absolute Gasteiger partial charge is 0.233 e. The van der Waals surface area contributed by atoms with E-state index in [1.807, 2.05) is 13.8 Å². The van der Waals surface area contributed by atoms with Crippen LogP contribution in [0.5, 0.6) is 0 Å². The van der Waals surface area contributed by atoms with Crippen molar-refractivity contribution in [2.24, 2.45) is 11.8 Å². The molecule has 18 heavy (non-hydrogen) atoms. The third-order valence-corrected chi connectivity index (χ3v) is 2.13. The standard InChI is InChI=1S/C13H28N2O3/c1-10(2)5-15-13(17)7-14-6-12(16)9-18-8-11(3)4/h10-12,14,16H,5-9H2,1-4H3,(H,15,17). The van der Waals surface area contributed by atoms with Crippen LogP contribution in [0.25, 0.3) is 0 Å². The Morgan fingerprint density at radius 2 is 1.78 bits per heavy atom. The van der Waals surface area contributed by atoms with Gasteiger partial charge in [-0.1, -0.05) is 27.7 Å². The van der Waals surface area contributed by atoms with Gasteiger partial charge in [-0.2, -0.15) is 0 Å². The minimum absolute atomic E-state index is 0.0426. The highest BCUT2D eigenvalue weighted by Crippen LogP contribution is 1.93. The molecule has 0 saturated heterocycles. The van der Waals surface area contributed by atoms with Crippen molar-refractivity contribution in [1.82, 2.24) is 10.6 Å². The van der Waals surface area contributed by atoms with Gasteiger partial charge < -0.3 is 20.5 Å². The summed E-state index contributed by atoms with van der Waals surface area (Å²) in [6, 6.07) is 0. The molecule has 0 fully saturated rings. The molecule has 1 atom stereocenters. The maximum Gasteiger partial charge on any atom is 0.233 e. The molecule has 0 aromatic carbocycles. The molecule has 0 bridgehead atoms. The van der Waals surface area contributed by atoms with Crippen molar-refractivity contribution < 1.29 is 14.6 Å². The predicted molar refractivity (Wildman–Crippen MR) is 72.4 cm³/mol. The van der Waals surface area contributed by atoms with Crippen molar-refractivity contribution in [1.29, 1.82) is 0 Å². The van der Waals surface area contributed by atoms with Crippen molar-refractivity contribution in [3.8, 4) is 0 Å². The zero-order valence-electron chi connectivity index (χ0n) is 12.0. The molecule has 0 aliphatic heterocycles. The first-order valence-electron chi connectivity index (χ1n) is 6.65. The lowest BCUT2D eigenvalue weighted by Gasteiger charge is -2.13. The van der Waals surface area contributed by atoms with Gasteiger partial charge in [-0.05, 0) is 11.8 Å². The fraction of sp³-hybridized carbons (Fsp3) is 0.923. The Morgan fingerprint density at radius 3 is 2.33 bits per heavy atom. The number of aliphatic hydroxyl groups excluding tert-OH is 1. The summed E-state index contributed by atoms with van der Waals surface area (Å²) >= 11 is 0. The first-order chi connectivity index (χ1) is 8.41. The van der Waals surface area contributed by atoms with E-state index in [2.05, 4.69) is 24.5 Å². The van der Waals surface area contributed by atoms with E-state index in [0.717, 1.165) is 0 Å². The van der Waals surface area contributed by atoms with Crippen molar-refractivity contribution in [3.05, 3.63) is 0 Å². The highest BCUT2D eigenvalue weighted by molar-refractivity contribution is 5.77. The molecule has 1 unspecified atom stereocenters. The minimum atomic E-state index is -0.568. The first kappa shape index (κ1) is 17.4. The third-order valence-electron chi connectivity index (χ3n) is 2.13. The van der Waals surface area contributed by atoms with Crippen LogP contribution in [0.2, 0.25) is 0 Å². The Balaban J connectivity index is 3.44. The Kier molecular flexibility index (Phi) is 9.92. The maximum absolute atomic E-state index is 11.3. The van der Waals surface area contributed by atoms with Crippen LogP contribution in [-0.4, -0.2) is 50.0 Å². The lowest BCUT2D eigenvalue weighted by molar-refractivity contribution is -0.120. The molecular formula is C13H28N2O3. The number of hydrogen-bond donors (Lipinski definition) is 3. The zero-order chi connectivity index (χ0) is 14.0. The van der Waals surface area contributed by atoms with E-state index in [9.17, 15) is 9.90 Å². The van der Waals surface area contributed by atoms with Crippen LogP contribution in [0.1, 0.15) is 27.7 Å².